The smallest absolute Gasteiger partial charge is 0.225 e. The van der Waals surface area contributed by atoms with E-state index in [1.165, 1.54) is 12.8 Å². The Morgan fingerprint density at radius 1 is 1.40 bits per heavy atom. The molecule has 0 spiro atoms. The molecule has 2 aliphatic heterocycles. The highest BCUT2D eigenvalue weighted by molar-refractivity contribution is 5.79. The van der Waals surface area contributed by atoms with Crippen molar-refractivity contribution in [2.24, 2.45) is 5.92 Å². The van der Waals surface area contributed by atoms with E-state index in [9.17, 15) is 4.79 Å². The molecule has 3 atom stereocenters. The Morgan fingerprint density at radius 2 is 2.13 bits per heavy atom. The molecule has 0 saturated carbocycles. The second-order valence-corrected chi connectivity index (χ2v) is 4.93. The number of nitrogens with zero attached hydrogens (tertiary/aromatic N) is 1. The van der Waals surface area contributed by atoms with Gasteiger partial charge in [-0.05, 0) is 32.2 Å². The third-order valence-corrected chi connectivity index (χ3v) is 3.94. The van der Waals surface area contributed by atoms with Crippen LogP contribution in [-0.4, -0.2) is 36.0 Å². The van der Waals surface area contributed by atoms with Crippen LogP contribution in [0.15, 0.2) is 0 Å². The lowest BCUT2D eigenvalue weighted by Crippen LogP contribution is -2.44. The van der Waals surface area contributed by atoms with Gasteiger partial charge in [-0.25, -0.2) is 0 Å². The number of hydrogen-bond acceptors (Lipinski definition) is 2. The summed E-state index contributed by atoms with van der Waals surface area (Å²) in [4.78, 5) is 14.4. The summed E-state index contributed by atoms with van der Waals surface area (Å²) < 4.78 is 0. The fourth-order valence-corrected chi connectivity index (χ4v) is 2.77. The van der Waals surface area contributed by atoms with Crippen molar-refractivity contribution in [1.29, 1.82) is 0 Å². The van der Waals surface area contributed by atoms with E-state index in [2.05, 4.69) is 24.1 Å². The normalized spacial score (nSPS) is 32.5. The monoisotopic (exact) mass is 210 g/mol. The lowest BCUT2D eigenvalue weighted by Gasteiger charge is -2.30. The average molecular weight is 210 g/mol. The fourth-order valence-electron chi connectivity index (χ4n) is 2.77. The summed E-state index contributed by atoms with van der Waals surface area (Å²) >= 11 is 0. The minimum Gasteiger partial charge on any atom is -0.335 e. The molecule has 2 heterocycles. The number of carbonyl (C=O) groups is 1. The molecule has 2 bridgehead atoms. The van der Waals surface area contributed by atoms with Crippen LogP contribution in [0, 0.1) is 5.92 Å². The molecule has 0 radical (unpaired) electrons. The lowest BCUT2D eigenvalue weighted by molar-refractivity contribution is -0.137. The molecule has 0 aromatic rings. The molecule has 0 aliphatic carbocycles. The summed E-state index contributed by atoms with van der Waals surface area (Å²) in [6.07, 6.45) is 4.51. The predicted octanol–water partition coefficient (Wildman–Crippen LogP) is 1.39. The van der Waals surface area contributed by atoms with Gasteiger partial charge >= 0.3 is 0 Å². The molecule has 3 unspecified atom stereocenters. The van der Waals surface area contributed by atoms with Gasteiger partial charge in [-0.2, -0.15) is 0 Å². The number of hydrogen-bond donors (Lipinski definition) is 1. The Bertz CT molecular complexity index is 228. The highest BCUT2D eigenvalue weighted by Gasteiger charge is 2.38. The van der Waals surface area contributed by atoms with Crippen molar-refractivity contribution in [1.82, 2.24) is 10.2 Å². The van der Waals surface area contributed by atoms with Gasteiger partial charge in [-0.1, -0.05) is 13.8 Å². The minimum atomic E-state index is 0.200. The highest BCUT2D eigenvalue weighted by Crippen LogP contribution is 2.29. The number of fused-ring (bicyclic) bond motifs is 2. The Kier molecular flexibility index (Phi) is 3.29. The van der Waals surface area contributed by atoms with E-state index in [1.54, 1.807) is 0 Å². The van der Waals surface area contributed by atoms with Gasteiger partial charge in [0.15, 0.2) is 0 Å². The van der Waals surface area contributed by atoms with Crippen molar-refractivity contribution in [3.63, 3.8) is 0 Å². The van der Waals surface area contributed by atoms with Crippen molar-refractivity contribution in [3.05, 3.63) is 0 Å². The van der Waals surface area contributed by atoms with E-state index < -0.39 is 0 Å². The fraction of sp³-hybridized carbons (Fsp3) is 0.917. The van der Waals surface area contributed by atoms with Crippen LogP contribution in [0.1, 0.15) is 39.5 Å². The van der Waals surface area contributed by atoms with Crippen LogP contribution in [0.5, 0.6) is 0 Å². The molecule has 86 valence electrons. The maximum atomic E-state index is 12.2. The first-order valence-corrected chi connectivity index (χ1v) is 6.27. The van der Waals surface area contributed by atoms with Crippen LogP contribution in [0.3, 0.4) is 0 Å². The maximum Gasteiger partial charge on any atom is 0.225 e. The zero-order valence-electron chi connectivity index (χ0n) is 9.83. The standard InChI is InChI=1S/C12H22N2O/c1-3-9(2)12(15)14-10-4-5-11(14)8-13-7-6-10/h9-11,13H,3-8H2,1-2H3. The van der Waals surface area contributed by atoms with Crippen molar-refractivity contribution in [2.75, 3.05) is 13.1 Å². The Morgan fingerprint density at radius 3 is 2.87 bits per heavy atom. The van der Waals surface area contributed by atoms with Gasteiger partial charge in [-0.15, -0.1) is 0 Å². The third kappa shape index (κ3) is 2.03. The van der Waals surface area contributed by atoms with Gasteiger partial charge in [-0.3, -0.25) is 4.79 Å². The molecule has 1 N–H and O–H groups in total. The zero-order chi connectivity index (χ0) is 10.8. The van der Waals surface area contributed by atoms with Gasteiger partial charge in [0.2, 0.25) is 5.91 Å². The summed E-state index contributed by atoms with van der Waals surface area (Å²) in [5.41, 5.74) is 0. The SMILES string of the molecule is CCC(C)C(=O)N1C2CCNCC1CC2. The molecule has 0 aromatic carbocycles. The van der Waals surface area contributed by atoms with E-state index >= 15 is 0 Å². The van der Waals surface area contributed by atoms with Crippen LogP contribution in [0.2, 0.25) is 0 Å². The predicted molar refractivity (Wildman–Crippen MR) is 60.6 cm³/mol. The summed E-state index contributed by atoms with van der Waals surface area (Å²) in [5, 5.41) is 3.43. The number of rotatable bonds is 2. The Hall–Kier alpha value is -0.570. The highest BCUT2D eigenvalue weighted by atomic mass is 16.2. The van der Waals surface area contributed by atoms with Crippen molar-refractivity contribution in [2.45, 2.75) is 51.6 Å². The third-order valence-electron chi connectivity index (χ3n) is 3.94. The average Bonchev–Trinajstić information content (AvgIpc) is 2.50. The first kappa shape index (κ1) is 10.9. The minimum absolute atomic E-state index is 0.200. The molecular formula is C12H22N2O. The lowest BCUT2D eigenvalue weighted by atomic mass is 10.1. The number of nitrogens with one attached hydrogen (secondary N) is 1. The molecule has 1 amide bonds. The molecule has 2 rings (SSSR count). The van der Waals surface area contributed by atoms with Gasteiger partial charge in [0.05, 0.1) is 0 Å². The molecule has 2 saturated heterocycles. The first-order valence-electron chi connectivity index (χ1n) is 6.27. The quantitative estimate of drug-likeness (QED) is 0.747. The van der Waals surface area contributed by atoms with Crippen LogP contribution >= 0.6 is 0 Å². The Labute approximate surface area is 92.2 Å². The summed E-state index contributed by atoms with van der Waals surface area (Å²) in [7, 11) is 0. The van der Waals surface area contributed by atoms with Gasteiger partial charge < -0.3 is 10.2 Å². The Balaban J connectivity index is 2.09. The van der Waals surface area contributed by atoms with Crippen molar-refractivity contribution < 1.29 is 4.79 Å². The summed E-state index contributed by atoms with van der Waals surface area (Å²) in [5.74, 6) is 0.583. The topological polar surface area (TPSA) is 32.3 Å². The van der Waals surface area contributed by atoms with Crippen LogP contribution in [-0.2, 0) is 4.79 Å². The van der Waals surface area contributed by atoms with E-state index in [0.29, 0.717) is 18.0 Å². The van der Waals surface area contributed by atoms with Crippen LogP contribution in [0.4, 0.5) is 0 Å². The second kappa shape index (κ2) is 4.52. The molecule has 3 heteroatoms. The number of carbonyl (C=O) groups excluding carboxylic acids is 1. The van der Waals surface area contributed by atoms with Gasteiger partial charge in [0.1, 0.15) is 0 Å². The molecule has 2 aliphatic rings. The van der Waals surface area contributed by atoms with E-state index in [4.69, 9.17) is 0 Å². The molecule has 2 fully saturated rings. The van der Waals surface area contributed by atoms with Crippen molar-refractivity contribution >= 4 is 5.91 Å². The molecular weight excluding hydrogens is 188 g/mol. The van der Waals surface area contributed by atoms with E-state index in [0.717, 1.165) is 25.9 Å². The molecule has 3 nitrogen and oxygen atoms in total. The first-order chi connectivity index (χ1) is 7.24. The zero-order valence-corrected chi connectivity index (χ0v) is 9.83. The number of amides is 1. The second-order valence-electron chi connectivity index (χ2n) is 4.93. The van der Waals surface area contributed by atoms with Gasteiger partial charge in [0.25, 0.3) is 0 Å². The summed E-state index contributed by atoms with van der Waals surface area (Å²) in [6.45, 7) is 6.23. The largest absolute Gasteiger partial charge is 0.335 e. The molecule has 0 aromatic heterocycles. The van der Waals surface area contributed by atoms with Crippen LogP contribution in [0.25, 0.3) is 0 Å². The van der Waals surface area contributed by atoms with E-state index in [1.807, 2.05) is 0 Å². The van der Waals surface area contributed by atoms with Crippen LogP contribution < -0.4 is 5.32 Å². The van der Waals surface area contributed by atoms with E-state index in [-0.39, 0.29) is 5.92 Å². The maximum absolute atomic E-state index is 12.2. The van der Waals surface area contributed by atoms with Gasteiger partial charge in [0, 0.05) is 24.5 Å². The summed E-state index contributed by atoms with van der Waals surface area (Å²) in [6, 6.07) is 0.991. The van der Waals surface area contributed by atoms with Crippen molar-refractivity contribution in [3.8, 4) is 0 Å². The molecule has 15 heavy (non-hydrogen) atoms.